The van der Waals surface area contributed by atoms with Gasteiger partial charge >= 0.3 is 0 Å². The number of piperazine rings is 1. The first kappa shape index (κ1) is 26.1. The van der Waals surface area contributed by atoms with E-state index in [1.54, 1.807) is 6.20 Å². The predicted molar refractivity (Wildman–Crippen MR) is 150 cm³/mol. The number of aromatic nitrogens is 2. The summed E-state index contributed by atoms with van der Waals surface area (Å²) in [6.07, 6.45) is 6.03. The minimum atomic E-state index is -0.0158. The van der Waals surface area contributed by atoms with E-state index in [1.807, 2.05) is 64.4 Å². The second kappa shape index (κ2) is 12.4. The van der Waals surface area contributed by atoms with E-state index in [0.717, 1.165) is 36.6 Å². The highest BCUT2D eigenvalue weighted by molar-refractivity contribution is 6.30. The van der Waals surface area contributed by atoms with Gasteiger partial charge < -0.3 is 20.0 Å². The summed E-state index contributed by atoms with van der Waals surface area (Å²) in [5.74, 6) is 0.649. The van der Waals surface area contributed by atoms with Gasteiger partial charge in [-0.1, -0.05) is 30.2 Å². The maximum atomic E-state index is 13.1. The third-order valence-electron chi connectivity index (χ3n) is 7.19. The zero-order chi connectivity index (χ0) is 26.3. The van der Waals surface area contributed by atoms with Crippen LogP contribution >= 0.6 is 11.6 Å². The van der Waals surface area contributed by atoms with Gasteiger partial charge in [-0.2, -0.15) is 0 Å². The summed E-state index contributed by atoms with van der Waals surface area (Å²) in [6, 6.07) is 16.7. The van der Waals surface area contributed by atoms with Crippen LogP contribution in [0.4, 0.5) is 11.6 Å². The van der Waals surface area contributed by atoms with E-state index < -0.39 is 0 Å². The lowest BCUT2D eigenvalue weighted by molar-refractivity contribution is -0.133. The number of carbonyl (C=O) groups excluding carboxylic acids is 2. The second-order valence-corrected chi connectivity index (χ2v) is 10.2. The molecule has 0 atom stereocenters. The average molecular weight is 533 g/mol. The number of benzene rings is 2. The van der Waals surface area contributed by atoms with Crippen LogP contribution in [-0.2, 0) is 4.79 Å². The first-order chi connectivity index (χ1) is 18.5. The molecular weight excluding hydrogens is 500 g/mol. The average Bonchev–Trinajstić information content (AvgIpc) is 2.97. The molecule has 2 aliphatic heterocycles. The summed E-state index contributed by atoms with van der Waals surface area (Å²) < 4.78 is 0. The molecule has 2 amide bonds. The van der Waals surface area contributed by atoms with Gasteiger partial charge in [0.1, 0.15) is 0 Å². The van der Waals surface area contributed by atoms with Crippen LogP contribution < -0.4 is 5.32 Å². The largest absolute Gasteiger partial charge is 0.339 e. The molecule has 3 heterocycles. The number of amides is 2. The van der Waals surface area contributed by atoms with Crippen LogP contribution in [0.15, 0.2) is 60.8 Å². The molecule has 2 saturated heterocycles. The van der Waals surface area contributed by atoms with E-state index in [-0.39, 0.29) is 11.8 Å². The second-order valence-electron chi connectivity index (χ2n) is 9.80. The van der Waals surface area contributed by atoms with Crippen molar-refractivity contribution >= 4 is 35.1 Å². The standard InChI is InChI=1S/C29H33ClN6O2/c30-24-8-4-22(5-9-24)26-12-14-31-29(33-26)32-25-10-6-23(7-11-25)28(38)36-20-18-35(19-21-36)27(37)13-17-34-15-2-1-3-16-34/h4-12,14H,1-3,13,15-21H2,(H,31,32,33). The Morgan fingerprint density at radius 3 is 2.21 bits per heavy atom. The van der Waals surface area contributed by atoms with Crippen LogP contribution in [0.1, 0.15) is 36.0 Å². The maximum absolute atomic E-state index is 13.1. The number of carbonyl (C=O) groups is 2. The number of hydrogen-bond donors (Lipinski definition) is 1. The van der Waals surface area contributed by atoms with E-state index in [2.05, 4.69) is 20.2 Å². The van der Waals surface area contributed by atoms with Crippen molar-refractivity contribution in [2.45, 2.75) is 25.7 Å². The topological polar surface area (TPSA) is 81.7 Å². The van der Waals surface area contributed by atoms with Crippen molar-refractivity contribution in [1.29, 1.82) is 0 Å². The van der Waals surface area contributed by atoms with Crippen molar-refractivity contribution < 1.29 is 9.59 Å². The maximum Gasteiger partial charge on any atom is 0.253 e. The number of anilines is 2. The predicted octanol–water partition coefficient (Wildman–Crippen LogP) is 4.70. The number of rotatable bonds is 7. The third kappa shape index (κ3) is 6.68. The Hall–Kier alpha value is -3.49. The van der Waals surface area contributed by atoms with Crippen molar-refractivity contribution in [2.75, 3.05) is 51.1 Å². The molecule has 0 radical (unpaired) electrons. The van der Waals surface area contributed by atoms with E-state index in [4.69, 9.17) is 11.6 Å². The number of likely N-dealkylation sites (tertiary alicyclic amines) is 1. The SMILES string of the molecule is O=C(CCN1CCCCC1)N1CCN(C(=O)c2ccc(Nc3nccc(-c4ccc(Cl)cc4)n3)cc2)CC1. The summed E-state index contributed by atoms with van der Waals surface area (Å²) in [6.45, 7) is 5.34. The van der Waals surface area contributed by atoms with Crippen LogP contribution in [0.25, 0.3) is 11.3 Å². The summed E-state index contributed by atoms with van der Waals surface area (Å²) in [7, 11) is 0. The van der Waals surface area contributed by atoms with Crippen molar-refractivity contribution in [3.05, 3.63) is 71.4 Å². The summed E-state index contributed by atoms with van der Waals surface area (Å²) in [5, 5.41) is 3.88. The van der Waals surface area contributed by atoms with Gasteiger partial charge in [0.2, 0.25) is 11.9 Å². The molecule has 5 rings (SSSR count). The number of nitrogens with zero attached hydrogens (tertiary/aromatic N) is 5. The highest BCUT2D eigenvalue weighted by Crippen LogP contribution is 2.22. The van der Waals surface area contributed by atoms with Gasteiger partial charge in [0.25, 0.3) is 5.91 Å². The highest BCUT2D eigenvalue weighted by Gasteiger charge is 2.25. The Morgan fingerprint density at radius 1 is 0.816 bits per heavy atom. The molecule has 8 nitrogen and oxygen atoms in total. The first-order valence-electron chi connectivity index (χ1n) is 13.3. The molecule has 38 heavy (non-hydrogen) atoms. The summed E-state index contributed by atoms with van der Waals surface area (Å²) >= 11 is 5.99. The Morgan fingerprint density at radius 2 is 1.50 bits per heavy atom. The van der Waals surface area contributed by atoms with Crippen LogP contribution in [0.5, 0.6) is 0 Å². The fourth-order valence-electron chi connectivity index (χ4n) is 4.96. The van der Waals surface area contributed by atoms with Crippen molar-refractivity contribution in [3.63, 3.8) is 0 Å². The molecule has 198 valence electrons. The molecule has 2 fully saturated rings. The first-order valence-corrected chi connectivity index (χ1v) is 13.7. The van der Waals surface area contributed by atoms with Gasteiger partial charge in [-0.3, -0.25) is 9.59 Å². The van der Waals surface area contributed by atoms with E-state index in [0.29, 0.717) is 49.1 Å². The molecule has 1 N–H and O–H groups in total. The number of nitrogens with one attached hydrogen (secondary N) is 1. The highest BCUT2D eigenvalue weighted by atomic mass is 35.5. The number of piperidine rings is 1. The quantitative estimate of drug-likeness (QED) is 0.475. The third-order valence-corrected chi connectivity index (χ3v) is 7.45. The molecule has 0 aliphatic carbocycles. The molecule has 0 saturated carbocycles. The van der Waals surface area contributed by atoms with Crippen LogP contribution in [-0.4, -0.2) is 82.3 Å². The fraction of sp³-hybridized carbons (Fsp3) is 0.379. The monoisotopic (exact) mass is 532 g/mol. The lowest BCUT2D eigenvalue weighted by atomic mass is 10.1. The Balaban J connectivity index is 1.11. The van der Waals surface area contributed by atoms with Gasteiger partial charge in [0.05, 0.1) is 5.69 Å². The van der Waals surface area contributed by atoms with Crippen LogP contribution in [0, 0.1) is 0 Å². The van der Waals surface area contributed by atoms with Gasteiger partial charge in [0.15, 0.2) is 0 Å². The van der Waals surface area contributed by atoms with E-state index in [1.165, 1.54) is 19.3 Å². The Kier molecular flexibility index (Phi) is 8.51. The molecule has 3 aromatic rings. The van der Waals surface area contributed by atoms with Crippen LogP contribution in [0.2, 0.25) is 5.02 Å². The molecular formula is C29H33ClN6O2. The van der Waals surface area contributed by atoms with Crippen LogP contribution in [0.3, 0.4) is 0 Å². The lowest BCUT2D eigenvalue weighted by Crippen LogP contribution is -2.51. The molecule has 0 spiro atoms. The number of hydrogen-bond acceptors (Lipinski definition) is 6. The van der Waals surface area contributed by atoms with Gasteiger partial charge in [-0.05, 0) is 68.4 Å². The van der Waals surface area contributed by atoms with Gasteiger partial charge in [0, 0.05) is 67.2 Å². The van der Waals surface area contributed by atoms with Gasteiger partial charge in [-0.25, -0.2) is 9.97 Å². The normalized spacial score (nSPS) is 16.3. The Bertz CT molecular complexity index is 1240. The summed E-state index contributed by atoms with van der Waals surface area (Å²) in [4.78, 5) is 40.7. The summed E-state index contributed by atoms with van der Waals surface area (Å²) in [5.41, 5.74) is 3.15. The zero-order valence-electron chi connectivity index (χ0n) is 21.5. The molecule has 0 bridgehead atoms. The zero-order valence-corrected chi connectivity index (χ0v) is 22.2. The van der Waals surface area contributed by atoms with Crippen molar-refractivity contribution in [1.82, 2.24) is 24.7 Å². The lowest BCUT2D eigenvalue weighted by Gasteiger charge is -2.35. The minimum Gasteiger partial charge on any atom is -0.339 e. The number of halogens is 1. The van der Waals surface area contributed by atoms with Crippen molar-refractivity contribution in [2.24, 2.45) is 0 Å². The minimum absolute atomic E-state index is 0.0158. The fourth-order valence-corrected chi connectivity index (χ4v) is 5.09. The van der Waals surface area contributed by atoms with Gasteiger partial charge in [-0.15, -0.1) is 0 Å². The van der Waals surface area contributed by atoms with E-state index in [9.17, 15) is 9.59 Å². The molecule has 0 unspecified atom stereocenters. The van der Waals surface area contributed by atoms with E-state index >= 15 is 0 Å². The van der Waals surface area contributed by atoms with Crippen molar-refractivity contribution in [3.8, 4) is 11.3 Å². The molecule has 9 heteroatoms. The molecule has 2 aromatic carbocycles. The molecule has 2 aliphatic rings. The smallest absolute Gasteiger partial charge is 0.253 e. The molecule has 1 aromatic heterocycles. The Labute approximate surface area is 228 Å².